The van der Waals surface area contributed by atoms with Crippen LogP contribution in [0.15, 0.2) is 0 Å². The van der Waals surface area contributed by atoms with Gasteiger partial charge in [0, 0.05) is 17.5 Å². The van der Waals surface area contributed by atoms with Crippen LogP contribution in [0, 0.1) is 0 Å². The third-order valence-electron chi connectivity index (χ3n) is 2.16. The van der Waals surface area contributed by atoms with Gasteiger partial charge in [-0.05, 0) is 19.3 Å². The number of alkyl halides is 1. The van der Waals surface area contributed by atoms with Crippen molar-refractivity contribution in [2.45, 2.75) is 44.7 Å². The molecule has 0 spiro atoms. The molecule has 1 fully saturated rings. The Morgan fingerprint density at radius 2 is 2.10 bits per heavy atom. The molecule has 0 aromatic carbocycles. The number of hydrogen-bond acceptors (Lipinski definition) is 1. The maximum Gasteiger partial charge on any atom is 0.0406 e. The Morgan fingerprint density at radius 1 is 1.50 bits per heavy atom. The summed E-state index contributed by atoms with van der Waals surface area (Å²) in [7, 11) is 0. The van der Waals surface area contributed by atoms with Crippen molar-refractivity contribution >= 4 is 11.6 Å². The summed E-state index contributed by atoms with van der Waals surface area (Å²) in [6, 6.07) is 0.569. The van der Waals surface area contributed by atoms with E-state index in [1.165, 1.54) is 19.3 Å². The third kappa shape index (κ3) is 1.64. The standard InChI is InChI=1S/C8H16ClN/c1-7(2)10-8(6-9)4-3-5-8/h7,10H,3-6H2,1-2H3. The molecule has 0 amide bonds. The van der Waals surface area contributed by atoms with E-state index in [0.717, 1.165) is 5.88 Å². The van der Waals surface area contributed by atoms with E-state index < -0.39 is 0 Å². The first kappa shape index (κ1) is 8.35. The molecule has 10 heavy (non-hydrogen) atoms. The second kappa shape index (κ2) is 3.10. The van der Waals surface area contributed by atoms with Gasteiger partial charge < -0.3 is 5.32 Å². The summed E-state index contributed by atoms with van der Waals surface area (Å²) in [5.74, 6) is 0.769. The summed E-state index contributed by atoms with van der Waals surface area (Å²) in [5, 5.41) is 3.51. The number of hydrogen-bond donors (Lipinski definition) is 1. The summed E-state index contributed by atoms with van der Waals surface area (Å²) in [6.07, 6.45) is 3.86. The summed E-state index contributed by atoms with van der Waals surface area (Å²) >= 11 is 5.84. The first-order valence-corrected chi connectivity index (χ1v) is 4.56. The Labute approximate surface area is 68.1 Å². The van der Waals surface area contributed by atoms with Crippen LogP contribution in [0.3, 0.4) is 0 Å². The lowest BCUT2D eigenvalue weighted by Gasteiger charge is -2.42. The highest BCUT2D eigenvalue weighted by molar-refractivity contribution is 6.18. The lowest BCUT2D eigenvalue weighted by atomic mass is 9.78. The Bertz CT molecular complexity index is 102. The molecular formula is C8H16ClN. The van der Waals surface area contributed by atoms with Crippen molar-refractivity contribution in [2.75, 3.05) is 5.88 Å². The molecule has 1 nitrogen and oxygen atoms in total. The van der Waals surface area contributed by atoms with E-state index >= 15 is 0 Å². The molecule has 1 saturated carbocycles. The van der Waals surface area contributed by atoms with Crippen LogP contribution >= 0.6 is 11.6 Å². The van der Waals surface area contributed by atoms with E-state index in [1.54, 1.807) is 0 Å². The van der Waals surface area contributed by atoms with Crippen LogP contribution in [0.5, 0.6) is 0 Å². The average Bonchev–Trinajstić information content (AvgIpc) is 1.78. The quantitative estimate of drug-likeness (QED) is 0.626. The molecule has 0 aliphatic heterocycles. The van der Waals surface area contributed by atoms with Crippen LogP contribution in [0.1, 0.15) is 33.1 Å². The second-order valence-corrected chi connectivity index (χ2v) is 3.83. The molecule has 0 aromatic rings. The van der Waals surface area contributed by atoms with Gasteiger partial charge >= 0.3 is 0 Å². The topological polar surface area (TPSA) is 12.0 Å². The Kier molecular flexibility index (Phi) is 2.59. The van der Waals surface area contributed by atoms with Gasteiger partial charge in [0.15, 0.2) is 0 Å². The van der Waals surface area contributed by atoms with Crippen molar-refractivity contribution in [3.8, 4) is 0 Å². The molecule has 0 aromatic heterocycles. The van der Waals surface area contributed by atoms with Gasteiger partial charge in [0.25, 0.3) is 0 Å². The Balaban J connectivity index is 2.33. The molecule has 2 heteroatoms. The highest BCUT2D eigenvalue weighted by Crippen LogP contribution is 2.33. The summed E-state index contributed by atoms with van der Waals surface area (Å²) < 4.78 is 0. The van der Waals surface area contributed by atoms with Crippen LogP contribution in [-0.4, -0.2) is 17.5 Å². The Hall–Kier alpha value is 0.250. The zero-order valence-corrected chi connectivity index (χ0v) is 7.54. The van der Waals surface area contributed by atoms with Gasteiger partial charge in [-0.1, -0.05) is 13.8 Å². The molecule has 0 bridgehead atoms. The molecule has 0 atom stereocenters. The Morgan fingerprint density at radius 3 is 2.20 bits per heavy atom. The van der Waals surface area contributed by atoms with Gasteiger partial charge in [0.2, 0.25) is 0 Å². The smallest absolute Gasteiger partial charge is 0.0406 e. The van der Waals surface area contributed by atoms with E-state index in [1.807, 2.05) is 0 Å². The highest BCUT2D eigenvalue weighted by Gasteiger charge is 2.35. The van der Waals surface area contributed by atoms with Crippen LogP contribution in [0.2, 0.25) is 0 Å². The zero-order valence-electron chi connectivity index (χ0n) is 6.78. The molecule has 0 unspecified atom stereocenters. The highest BCUT2D eigenvalue weighted by atomic mass is 35.5. The van der Waals surface area contributed by atoms with Crippen molar-refractivity contribution in [1.29, 1.82) is 0 Å². The molecule has 1 rings (SSSR count). The molecule has 0 heterocycles. The van der Waals surface area contributed by atoms with Crippen molar-refractivity contribution in [3.05, 3.63) is 0 Å². The predicted molar refractivity (Wildman–Crippen MR) is 45.6 cm³/mol. The van der Waals surface area contributed by atoms with E-state index in [4.69, 9.17) is 11.6 Å². The van der Waals surface area contributed by atoms with Gasteiger partial charge in [-0.25, -0.2) is 0 Å². The minimum atomic E-state index is 0.301. The summed E-state index contributed by atoms with van der Waals surface area (Å²) in [4.78, 5) is 0. The number of halogens is 1. The van der Waals surface area contributed by atoms with Gasteiger partial charge in [0.1, 0.15) is 0 Å². The SMILES string of the molecule is CC(C)NC1(CCl)CCC1. The minimum Gasteiger partial charge on any atom is -0.308 e. The lowest BCUT2D eigenvalue weighted by Crippen LogP contribution is -2.55. The summed E-state index contributed by atoms with van der Waals surface area (Å²) in [6.45, 7) is 4.35. The van der Waals surface area contributed by atoms with Crippen molar-refractivity contribution < 1.29 is 0 Å². The van der Waals surface area contributed by atoms with Crippen molar-refractivity contribution in [3.63, 3.8) is 0 Å². The van der Waals surface area contributed by atoms with E-state index in [2.05, 4.69) is 19.2 Å². The second-order valence-electron chi connectivity index (χ2n) is 3.57. The van der Waals surface area contributed by atoms with Gasteiger partial charge in [-0.15, -0.1) is 11.6 Å². The lowest BCUT2D eigenvalue weighted by molar-refractivity contribution is 0.198. The van der Waals surface area contributed by atoms with Crippen LogP contribution in [0.25, 0.3) is 0 Å². The normalized spacial score (nSPS) is 22.8. The third-order valence-corrected chi connectivity index (χ3v) is 2.67. The first-order chi connectivity index (χ1) is 4.68. The van der Waals surface area contributed by atoms with Crippen molar-refractivity contribution in [2.24, 2.45) is 0 Å². The van der Waals surface area contributed by atoms with E-state index in [-0.39, 0.29) is 0 Å². The van der Waals surface area contributed by atoms with Crippen LogP contribution in [-0.2, 0) is 0 Å². The number of nitrogens with one attached hydrogen (secondary N) is 1. The molecule has 1 N–H and O–H groups in total. The fraction of sp³-hybridized carbons (Fsp3) is 1.00. The molecule has 0 saturated heterocycles. The maximum atomic E-state index is 5.84. The van der Waals surface area contributed by atoms with Crippen LogP contribution < -0.4 is 5.32 Å². The molecule has 1 aliphatic carbocycles. The fourth-order valence-corrected chi connectivity index (χ4v) is 1.88. The van der Waals surface area contributed by atoms with Crippen molar-refractivity contribution in [1.82, 2.24) is 5.32 Å². The molecule has 60 valence electrons. The maximum absolute atomic E-state index is 5.84. The van der Waals surface area contributed by atoms with Gasteiger partial charge in [0.05, 0.1) is 0 Å². The van der Waals surface area contributed by atoms with E-state index in [0.29, 0.717) is 11.6 Å². The summed E-state index contributed by atoms with van der Waals surface area (Å²) in [5.41, 5.74) is 0.301. The molecular weight excluding hydrogens is 146 g/mol. The predicted octanol–water partition coefficient (Wildman–Crippen LogP) is 2.15. The molecule has 0 radical (unpaired) electrons. The average molecular weight is 162 g/mol. The monoisotopic (exact) mass is 161 g/mol. The zero-order chi connectivity index (χ0) is 7.61. The fourth-order valence-electron chi connectivity index (χ4n) is 1.53. The van der Waals surface area contributed by atoms with Gasteiger partial charge in [-0.2, -0.15) is 0 Å². The first-order valence-electron chi connectivity index (χ1n) is 4.02. The largest absolute Gasteiger partial charge is 0.308 e. The number of rotatable bonds is 3. The van der Waals surface area contributed by atoms with Gasteiger partial charge in [-0.3, -0.25) is 0 Å². The van der Waals surface area contributed by atoms with Crippen LogP contribution in [0.4, 0.5) is 0 Å². The molecule has 1 aliphatic rings. The van der Waals surface area contributed by atoms with E-state index in [9.17, 15) is 0 Å². The minimum absolute atomic E-state index is 0.301.